The lowest BCUT2D eigenvalue weighted by Gasteiger charge is -2.18. The normalized spacial score (nSPS) is 15.2. The van der Waals surface area contributed by atoms with E-state index >= 15 is 0 Å². The zero-order valence-corrected chi connectivity index (χ0v) is 11.4. The number of nitrogens with two attached hydrogens (primary N) is 1. The van der Waals surface area contributed by atoms with Crippen molar-refractivity contribution >= 4 is 11.9 Å². The molecule has 6 nitrogen and oxygen atoms in total. The van der Waals surface area contributed by atoms with Crippen LogP contribution in [0.3, 0.4) is 0 Å². The van der Waals surface area contributed by atoms with Crippen molar-refractivity contribution in [2.75, 3.05) is 5.32 Å². The molecule has 0 unspecified atom stereocenters. The lowest BCUT2D eigenvalue weighted by atomic mass is 10.0. The summed E-state index contributed by atoms with van der Waals surface area (Å²) in [5, 5.41) is 3.04. The SMILES string of the molecule is NNC(=O)c1cnc(NC2(c3ccc(F)cc3F)CC2)nc1. The van der Waals surface area contributed by atoms with Crippen LogP contribution in [-0.2, 0) is 5.54 Å². The Bertz CT molecular complexity index is 716. The third-order valence-electron chi connectivity index (χ3n) is 3.59. The molecular formula is C14H13F2N5O. The Balaban J connectivity index is 1.81. The van der Waals surface area contributed by atoms with E-state index in [9.17, 15) is 13.6 Å². The van der Waals surface area contributed by atoms with Crippen LogP contribution < -0.4 is 16.6 Å². The highest BCUT2D eigenvalue weighted by molar-refractivity contribution is 5.93. The van der Waals surface area contributed by atoms with Crippen molar-refractivity contribution in [3.8, 4) is 0 Å². The molecule has 1 heterocycles. The molecule has 0 aliphatic heterocycles. The predicted octanol–water partition coefficient (Wildman–Crippen LogP) is 1.46. The largest absolute Gasteiger partial charge is 0.345 e. The van der Waals surface area contributed by atoms with Crippen molar-refractivity contribution in [1.29, 1.82) is 0 Å². The fraction of sp³-hybridized carbons (Fsp3) is 0.214. The van der Waals surface area contributed by atoms with Gasteiger partial charge in [0.2, 0.25) is 5.95 Å². The molecule has 1 fully saturated rings. The van der Waals surface area contributed by atoms with E-state index in [1.165, 1.54) is 24.5 Å². The number of anilines is 1. The predicted molar refractivity (Wildman–Crippen MR) is 74.6 cm³/mol. The van der Waals surface area contributed by atoms with Gasteiger partial charge in [-0.1, -0.05) is 6.07 Å². The molecule has 0 bridgehead atoms. The third kappa shape index (κ3) is 2.60. The highest BCUT2D eigenvalue weighted by Crippen LogP contribution is 2.48. The van der Waals surface area contributed by atoms with Crippen LogP contribution in [0, 0.1) is 11.6 Å². The van der Waals surface area contributed by atoms with Gasteiger partial charge in [0.15, 0.2) is 0 Å². The van der Waals surface area contributed by atoms with Crippen molar-refractivity contribution in [3.05, 3.63) is 53.4 Å². The molecule has 0 saturated heterocycles. The minimum Gasteiger partial charge on any atom is -0.345 e. The Hall–Kier alpha value is -2.61. The second-order valence-electron chi connectivity index (χ2n) is 5.10. The average Bonchev–Trinajstić information content (AvgIpc) is 3.27. The Morgan fingerprint density at radius 2 is 1.91 bits per heavy atom. The molecule has 8 heteroatoms. The molecule has 114 valence electrons. The minimum absolute atomic E-state index is 0.214. The monoisotopic (exact) mass is 305 g/mol. The van der Waals surface area contributed by atoms with E-state index in [2.05, 4.69) is 15.3 Å². The highest BCUT2D eigenvalue weighted by Gasteiger charge is 2.46. The van der Waals surface area contributed by atoms with Gasteiger partial charge in [0.25, 0.3) is 5.91 Å². The molecule has 0 atom stereocenters. The number of hydrazine groups is 1. The molecule has 0 spiro atoms. The summed E-state index contributed by atoms with van der Waals surface area (Å²) in [4.78, 5) is 19.3. The Kier molecular flexibility index (Phi) is 3.45. The first-order chi connectivity index (χ1) is 10.5. The van der Waals surface area contributed by atoms with Gasteiger partial charge in [0.1, 0.15) is 11.6 Å². The zero-order valence-electron chi connectivity index (χ0n) is 11.4. The van der Waals surface area contributed by atoms with Crippen molar-refractivity contribution in [2.45, 2.75) is 18.4 Å². The molecule has 1 amide bonds. The number of aromatic nitrogens is 2. The van der Waals surface area contributed by atoms with Crippen molar-refractivity contribution < 1.29 is 13.6 Å². The Morgan fingerprint density at radius 1 is 1.23 bits per heavy atom. The minimum atomic E-state index is -0.630. The Labute approximate surface area is 124 Å². The number of nitrogen functional groups attached to an aromatic ring is 1. The maximum atomic E-state index is 13.9. The number of nitrogens with zero attached hydrogens (tertiary/aromatic N) is 2. The third-order valence-corrected chi connectivity index (χ3v) is 3.59. The van der Waals surface area contributed by atoms with Gasteiger partial charge in [0, 0.05) is 24.0 Å². The summed E-state index contributed by atoms with van der Waals surface area (Å²) in [5.74, 6) is 3.54. The quantitative estimate of drug-likeness (QED) is 0.452. The van der Waals surface area contributed by atoms with Gasteiger partial charge in [-0.3, -0.25) is 10.2 Å². The number of carbonyl (C=O) groups excluding carboxylic acids is 1. The molecule has 1 aromatic carbocycles. The van der Waals surface area contributed by atoms with Gasteiger partial charge in [-0.2, -0.15) is 0 Å². The van der Waals surface area contributed by atoms with E-state index in [4.69, 9.17) is 5.84 Å². The van der Waals surface area contributed by atoms with Crippen molar-refractivity contribution in [3.63, 3.8) is 0 Å². The first kappa shape index (κ1) is 14.3. The van der Waals surface area contributed by atoms with Gasteiger partial charge in [-0.15, -0.1) is 0 Å². The van der Waals surface area contributed by atoms with Crippen LogP contribution >= 0.6 is 0 Å². The first-order valence-electron chi connectivity index (χ1n) is 6.61. The van der Waals surface area contributed by atoms with Crippen LogP contribution in [0.4, 0.5) is 14.7 Å². The van der Waals surface area contributed by atoms with Crippen LogP contribution in [0.15, 0.2) is 30.6 Å². The standard InChI is InChI=1S/C14H13F2N5O/c15-9-1-2-10(11(16)5-9)14(3-4-14)20-13-18-6-8(7-19-13)12(22)21-17/h1-2,5-7H,3-4,17H2,(H,21,22)(H,18,19,20). The van der Waals surface area contributed by atoms with Crippen molar-refractivity contribution in [1.82, 2.24) is 15.4 Å². The molecule has 4 N–H and O–H groups in total. The van der Waals surface area contributed by atoms with Crippen LogP contribution in [0.25, 0.3) is 0 Å². The number of nitrogens with one attached hydrogen (secondary N) is 2. The maximum absolute atomic E-state index is 13.9. The van der Waals surface area contributed by atoms with Gasteiger partial charge < -0.3 is 5.32 Å². The van der Waals surface area contributed by atoms with E-state index in [-0.39, 0.29) is 11.5 Å². The number of hydrogen-bond donors (Lipinski definition) is 3. The highest BCUT2D eigenvalue weighted by atomic mass is 19.1. The fourth-order valence-corrected chi connectivity index (χ4v) is 2.27. The van der Waals surface area contributed by atoms with E-state index in [0.717, 1.165) is 6.07 Å². The number of amides is 1. The van der Waals surface area contributed by atoms with Crippen LogP contribution in [0.1, 0.15) is 28.8 Å². The second-order valence-corrected chi connectivity index (χ2v) is 5.10. The molecule has 1 aromatic heterocycles. The lowest BCUT2D eigenvalue weighted by Crippen LogP contribution is -2.30. The van der Waals surface area contributed by atoms with Gasteiger partial charge in [-0.05, 0) is 18.9 Å². The molecule has 0 radical (unpaired) electrons. The molecule has 1 saturated carbocycles. The number of benzene rings is 1. The summed E-state index contributed by atoms with van der Waals surface area (Å²) in [5.41, 5.74) is 1.94. The number of rotatable bonds is 4. The second kappa shape index (κ2) is 5.30. The number of halogens is 2. The topological polar surface area (TPSA) is 92.9 Å². The van der Waals surface area contributed by atoms with Gasteiger partial charge in [-0.25, -0.2) is 24.6 Å². The summed E-state index contributed by atoms with van der Waals surface area (Å²) < 4.78 is 26.9. The number of hydrogen-bond acceptors (Lipinski definition) is 5. The van der Waals surface area contributed by atoms with Crippen LogP contribution in [0.2, 0.25) is 0 Å². The van der Waals surface area contributed by atoms with Crippen LogP contribution in [0.5, 0.6) is 0 Å². The van der Waals surface area contributed by atoms with E-state index < -0.39 is 23.1 Å². The molecule has 22 heavy (non-hydrogen) atoms. The summed E-state index contributed by atoms with van der Waals surface area (Å²) in [6.07, 6.45) is 4.00. The summed E-state index contributed by atoms with van der Waals surface area (Å²) in [6.45, 7) is 0. The van der Waals surface area contributed by atoms with E-state index in [1.54, 1.807) is 0 Å². The maximum Gasteiger partial charge on any atom is 0.268 e. The van der Waals surface area contributed by atoms with Crippen LogP contribution in [-0.4, -0.2) is 15.9 Å². The van der Waals surface area contributed by atoms with E-state index in [1.807, 2.05) is 5.43 Å². The summed E-state index contributed by atoms with van der Waals surface area (Å²) >= 11 is 0. The molecule has 3 rings (SSSR count). The first-order valence-corrected chi connectivity index (χ1v) is 6.61. The zero-order chi connectivity index (χ0) is 15.7. The van der Waals surface area contributed by atoms with Gasteiger partial charge >= 0.3 is 0 Å². The molecule has 1 aliphatic rings. The Morgan fingerprint density at radius 3 is 2.45 bits per heavy atom. The molecular weight excluding hydrogens is 292 g/mol. The molecule has 2 aromatic rings. The number of carbonyl (C=O) groups is 1. The van der Waals surface area contributed by atoms with Crippen molar-refractivity contribution in [2.24, 2.45) is 5.84 Å². The summed E-state index contributed by atoms with van der Waals surface area (Å²) in [7, 11) is 0. The molecule has 1 aliphatic carbocycles. The smallest absolute Gasteiger partial charge is 0.268 e. The average molecular weight is 305 g/mol. The van der Waals surface area contributed by atoms with E-state index in [0.29, 0.717) is 18.4 Å². The lowest BCUT2D eigenvalue weighted by molar-refractivity contribution is 0.0953. The summed E-state index contributed by atoms with van der Waals surface area (Å²) in [6, 6.07) is 3.49. The van der Waals surface area contributed by atoms with Gasteiger partial charge in [0.05, 0.1) is 11.1 Å². The fourth-order valence-electron chi connectivity index (χ4n) is 2.27.